The SMILES string of the molecule is CC(=O)NC(CCCCCCC(=O)O)(C(=O)O)C(=O)O. The van der Waals surface area contributed by atoms with Gasteiger partial charge in [-0.3, -0.25) is 9.59 Å². The number of carbonyl (C=O) groups excluding carboxylic acids is 1. The topological polar surface area (TPSA) is 141 Å². The van der Waals surface area contributed by atoms with Gasteiger partial charge >= 0.3 is 17.9 Å². The Kier molecular flexibility index (Phi) is 7.27. The summed E-state index contributed by atoms with van der Waals surface area (Å²) >= 11 is 0. The Morgan fingerprint density at radius 1 is 0.900 bits per heavy atom. The van der Waals surface area contributed by atoms with Crippen LogP contribution in [0.25, 0.3) is 0 Å². The molecule has 0 aliphatic carbocycles. The zero-order valence-electron chi connectivity index (χ0n) is 11.2. The van der Waals surface area contributed by atoms with Crippen LogP contribution < -0.4 is 5.32 Å². The lowest BCUT2D eigenvalue weighted by Crippen LogP contribution is -2.59. The van der Waals surface area contributed by atoms with Gasteiger partial charge in [0, 0.05) is 13.3 Å². The van der Waals surface area contributed by atoms with Crippen molar-refractivity contribution in [1.82, 2.24) is 5.32 Å². The number of hydrogen-bond acceptors (Lipinski definition) is 4. The minimum Gasteiger partial charge on any atom is -0.481 e. The van der Waals surface area contributed by atoms with Gasteiger partial charge in [0.05, 0.1) is 0 Å². The van der Waals surface area contributed by atoms with E-state index in [9.17, 15) is 19.2 Å². The first-order valence-electron chi connectivity index (χ1n) is 6.19. The molecule has 0 aliphatic heterocycles. The molecule has 0 saturated heterocycles. The van der Waals surface area contributed by atoms with Crippen molar-refractivity contribution in [2.45, 2.75) is 51.0 Å². The van der Waals surface area contributed by atoms with Crippen molar-refractivity contribution in [2.75, 3.05) is 0 Å². The van der Waals surface area contributed by atoms with E-state index in [0.717, 1.165) is 6.92 Å². The van der Waals surface area contributed by atoms with Crippen LogP contribution >= 0.6 is 0 Å². The van der Waals surface area contributed by atoms with E-state index in [4.69, 9.17) is 15.3 Å². The average Bonchev–Trinajstić information content (AvgIpc) is 2.30. The Bertz CT molecular complexity index is 377. The van der Waals surface area contributed by atoms with E-state index in [-0.39, 0.29) is 19.3 Å². The van der Waals surface area contributed by atoms with Crippen LogP contribution in [0.1, 0.15) is 45.4 Å². The third-order valence-electron chi connectivity index (χ3n) is 2.81. The molecule has 0 bridgehead atoms. The predicted molar refractivity (Wildman–Crippen MR) is 67.2 cm³/mol. The quantitative estimate of drug-likeness (QED) is 0.338. The molecule has 8 nitrogen and oxygen atoms in total. The number of carboxylic acids is 3. The van der Waals surface area contributed by atoms with E-state index in [1.54, 1.807) is 0 Å². The largest absolute Gasteiger partial charge is 0.481 e. The molecule has 0 atom stereocenters. The molecular weight excluding hydrogens is 270 g/mol. The van der Waals surface area contributed by atoms with E-state index in [1.165, 1.54) is 0 Å². The molecule has 0 heterocycles. The zero-order chi connectivity index (χ0) is 15.8. The molecule has 4 N–H and O–H groups in total. The van der Waals surface area contributed by atoms with Crippen LogP contribution in [0.3, 0.4) is 0 Å². The summed E-state index contributed by atoms with van der Waals surface area (Å²) in [6.07, 6.45) is 1.54. The third-order valence-corrected chi connectivity index (χ3v) is 2.81. The molecule has 0 rings (SSSR count). The standard InChI is InChI=1S/C12H19NO7/c1-8(14)13-12(10(17)18,11(19)20)7-5-3-2-4-6-9(15)16/h2-7H2,1H3,(H,13,14)(H,15,16)(H,17,18)(H,19,20). The number of unbranched alkanes of at least 4 members (excludes halogenated alkanes) is 3. The minimum absolute atomic E-state index is 0.0225. The molecule has 0 aromatic rings. The van der Waals surface area contributed by atoms with Crippen molar-refractivity contribution in [1.29, 1.82) is 0 Å². The highest BCUT2D eigenvalue weighted by Gasteiger charge is 2.46. The molecule has 0 unspecified atom stereocenters. The Morgan fingerprint density at radius 3 is 1.80 bits per heavy atom. The third kappa shape index (κ3) is 5.68. The van der Waals surface area contributed by atoms with E-state index >= 15 is 0 Å². The van der Waals surface area contributed by atoms with Crippen molar-refractivity contribution in [3.8, 4) is 0 Å². The highest BCUT2D eigenvalue weighted by molar-refractivity contribution is 6.06. The lowest BCUT2D eigenvalue weighted by molar-refractivity contribution is -0.161. The molecule has 8 heteroatoms. The summed E-state index contributed by atoms with van der Waals surface area (Å²) in [6.45, 7) is 1.05. The lowest BCUT2D eigenvalue weighted by Gasteiger charge is -2.25. The van der Waals surface area contributed by atoms with Gasteiger partial charge in [-0.15, -0.1) is 0 Å². The van der Waals surface area contributed by atoms with Crippen molar-refractivity contribution in [2.24, 2.45) is 0 Å². The van der Waals surface area contributed by atoms with E-state index in [1.807, 2.05) is 5.32 Å². The average molecular weight is 289 g/mol. The maximum Gasteiger partial charge on any atom is 0.341 e. The van der Waals surface area contributed by atoms with Crippen LogP contribution in [0.4, 0.5) is 0 Å². The number of aliphatic carboxylic acids is 3. The number of carboxylic acid groups (broad SMARTS) is 3. The summed E-state index contributed by atoms with van der Waals surface area (Å²) in [5, 5.41) is 28.5. The Labute approximate surface area is 115 Å². The first-order valence-corrected chi connectivity index (χ1v) is 6.19. The van der Waals surface area contributed by atoms with Gasteiger partial charge in [0.2, 0.25) is 11.4 Å². The second-order valence-corrected chi connectivity index (χ2v) is 4.50. The molecule has 20 heavy (non-hydrogen) atoms. The summed E-state index contributed by atoms with van der Waals surface area (Å²) in [4.78, 5) is 43.5. The van der Waals surface area contributed by atoms with Crippen LogP contribution in [0.2, 0.25) is 0 Å². The van der Waals surface area contributed by atoms with Crippen molar-refractivity contribution < 1.29 is 34.5 Å². The number of carbonyl (C=O) groups is 4. The van der Waals surface area contributed by atoms with Gasteiger partial charge < -0.3 is 20.6 Å². The molecule has 0 aliphatic rings. The van der Waals surface area contributed by atoms with Crippen LogP contribution in [-0.2, 0) is 19.2 Å². The van der Waals surface area contributed by atoms with E-state index in [2.05, 4.69) is 0 Å². The Balaban J connectivity index is 4.44. The summed E-state index contributed by atoms with van der Waals surface area (Å²) in [5.41, 5.74) is -2.32. The summed E-state index contributed by atoms with van der Waals surface area (Å²) in [5.74, 6) is -4.88. The zero-order valence-corrected chi connectivity index (χ0v) is 11.2. The van der Waals surface area contributed by atoms with Gasteiger partial charge in [-0.1, -0.05) is 12.8 Å². The molecule has 114 valence electrons. The highest BCUT2D eigenvalue weighted by atomic mass is 16.4. The molecule has 0 spiro atoms. The fourth-order valence-electron chi connectivity index (χ4n) is 1.80. The summed E-state index contributed by atoms with van der Waals surface area (Å²) in [6, 6.07) is 0. The molecule has 0 saturated carbocycles. The predicted octanol–water partition coefficient (Wildman–Crippen LogP) is 0.456. The molecule has 0 aromatic carbocycles. The lowest BCUT2D eigenvalue weighted by atomic mass is 9.91. The van der Waals surface area contributed by atoms with Gasteiger partial charge in [-0.05, 0) is 19.3 Å². The van der Waals surface area contributed by atoms with Crippen LogP contribution in [0.5, 0.6) is 0 Å². The molecule has 1 amide bonds. The maximum atomic E-state index is 11.1. The van der Waals surface area contributed by atoms with Crippen molar-refractivity contribution >= 4 is 23.8 Å². The maximum absolute atomic E-state index is 11.1. The van der Waals surface area contributed by atoms with Crippen molar-refractivity contribution in [3.63, 3.8) is 0 Å². The van der Waals surface area contributed by atoms with Gasteiger partial charge in [0.1, 0.15) is 0 Å². The van der Waals surface area contributed by atoms with E-state index in [0.29, 0.717) is 19.3 Å². The van der Waals surface area contributed by atoms with Gasteiger partial charge in [0.15, 0.2) is 0 Å². The molecular formula is C12H19NO7. The van der Waals surface area contributed by atoms with Gasteiger partial charge in [-0.25, -0.2) is 9.59 Å². The summed E-state index contributed by atoms with van der Waals surface area (Å²) in [7, 11) is 0. The van der Waals surface area contributed by atoms with Crippen LogP contribution in [0, 0.1) is 0 Å². The van der Waals surface area contributed by atoms with Gasteiger partial charge in [0.25, 0.3) is 0 Å². The first kappa shape index (κ1) is 17.9. The first-order chi connectivity index (χ1) is 9.22. The molecule has 0 fully saturated rings. The summed E-state index contributed by atoms with van der Waals surface area (Å²) < 4.78 is 0. The smallest absolute Gasteiger partial charge is 0.341 e. The van der Waals surface area contributed by atoms with Crippen LogP contribution in [-0.4, -0.2) is 44.7 Å². The van der Waals surface area contributed by atoms with Crippen molar-refractivity contribution in [3.05, 3.63) is 0 Å². The fraction of sp³-hybridized carbons (Fsp3) is 0.667. The molecule has 0 radical (unpaired) electrons. The minimum atomic E-state index is -2.32. The monoisotopic (exact) mass is 289 g/mol. The second-order valence-electron chi connectivity index (χ2n) is 4.50. The fourth-order valence-corrected chi connectivity index (χ4v) is 1.80. The Morgan fingerprint density at radius 2 is 1.40 bits per heavy atom. The molecule has 0 aromatic heterocycles. The van der Waals surface area contributed by atoms with Gasteiger partial charge in [-0.2, -0.15) is 0 Å². The number of nitrogens with one attached hydrogen (secondary N) is 1. The number of rotatable bonds is 10. The number of amides is 1. The Hall–Kier alpha value is -2.12. The van der Waals surface area contributed by atoms with E-state index < -0.39 is 29.4 Å². The highest BCUT2D eigenvalue weighted by Crippen LogP contribution is 2.17. The second kappa shape index (κ2) is 8.13. The normalized spacial score (nSPS) is 10.8. The van der Waals surface area contributed by atoms with Crippen LogP contribution in [0.15, 0.2) is 0 Å². The number of hydrogen-bond donors (Lipinski definition) is 4.